The number of hydrogen-bond acceptors (Lipinski definition) is 3. The third-order valence-electron chi connectivity index (χ3n) is 3.04. The number of hydrogen-bond donors (Lipinski definition) is 2. The molecular weight excluding hydrogens is 336 g/mol. The standard InChI is InChI=1S/C11H14Br2N2O/c12-8-5-9(13)10(14-6-8)15-7-11(1-2-11)3-4-16/h5-6,16H,1-4,7H2,(H,14,15). The van der Waals surface area contributed by atoms with E-state index in [1.54, 1.807) is 6.20 Å². The van der Waals surface area contributed by atoms with Gasteiger partial charge in [-0.2, -0.15) is 0 Å². The summed E-state index contributed by atoms with van der Waals surface area (Å²) in [6.07, 6.45) is 5.07. The lowest BCUT2D eigenvalue weighted by molar-refractivity contribution is 0.253. The van der Waals surface area contributed by atoms with Crippen LogP contribution in [0.5, 0.6) is 0 Å². The third kappa shape index (κ3) is 2.96. The van der Waals surface area contributed by atoms with Gasteiger partial charge >= 0.3 is 0 Å². The first-order valence-electron chi connectivity index (χ1n) is 5.31. The Morgan fingerprint density at radius 3 is 2.75 bits per heavy atom. The number of rotatable bonds is 5. The highest BCUT2D eigenvalue weighted by atomic mass is 79.9. The first kappa shape index (κ1) is 12.3. The summed E-state index contributed by atoms with van der Waals surface area (Å²) in [5.41, 5.74) is 0.308. The van der Waals surface area contributed by atoms with E-state index < -0.39 is 0 Å². The molecule has 0 amide bonds. The molecule has 0 aliphatic heterocycles. The zero-order valence-corrected chi connectivity index (χ0v) is 12.0. The Balaban J connectivity index is 1.94. The maximum Gasteiger partial charge on any atom is 0.140 e. The molecule has 0 aromatic carbocycles. The number of anilines is 1. The molecule has 2 N–H and O–H groups in total. The molecule has 2 rings (SSSR count). The van der Waals surface area contributed by atoms with Gasteiger partial charge in [-0.1, -0.05) is 0 Å². The molecule has 1 aliphatic rings. The number of aliphatic hydroxyl groups is 1. The van der Waals surface area contributed by atoms with E-state index in [9.17, 15) is 0 Å². The van der Waals surface area contributed by atoms with Gasteiger partial charge in [-0.3, -0.25) is 0 Å². The Morgan fingerprint density at radius 2 is 2.19 bits per heavy atom. The van der Waals surface area contributed by atoms with E-state index in [2.05, 4.69) is 42.2 Å². The molecule has 0 unspecified atom stereocenters. The molecule has 16 heavy (non-hydrogen) atoms. The van der Waals surface area contributed by atoms with Gasteiger partial charge in [0.15, 0.2) is 0 Å². The van der Waals surface area contributed by atoms with Gasteiger partial charge in [-0.15, -0.1) is 0 Å². The molecule has 5 heteroatoms. The lowest BCUT2D eigenvalue weighted by atomic mass is 10.0. The van der Waals surface area contributed by atoms with Crippen molar-refractivity contribution < 1.29 is 5.11 Å². The van der Waals surface area contributed by atoms with Crippen molar-refractivity contribution in [3.63, 3.8) is 0 Å². The number of nitrogens with one attached hydrogen (secondary N) is 1. The Bertz CT molecular complexity index is 380. The molecule has 88 valence electrons. The second kappa shape index (κ2) is 5.02. The fraction of sp³-hybridized carbons (Fsp3) is 0.545. The Labute approximate surface area is 112 Å². The number of halogens is 2. The van der Waals surface area contributed by atoms with Crippen molar-refractivity contribution in [2.45, 2.75) is 19.3 Å². The summed E-state index contributed by atoms with van der Waals surface area (Å²) in [7, 11) is 0. The van der Waals surface area contributed by atoms with Crippen molar-refractivity contribution in [2.75, 3.05) is 18.5 Å². The predicted octanol–water partition coefficient (Wildman–Crippen LogP) is 3.18. The van der Waals surface area contributed by atoms with E-state index in [-0.39, 0.29) is 6.61 Å². The van der Waals surface area contributed by atoms with Gasteiger partial charge in [0.05, 0.1) is 4.47 Å². The summed E-state index contributed by atoms with van der Waals surface area (Å²) < 4.78 is 1.92. The highest BCUT2D eigenvalue weighted by molar-refractivity contribution is 9.11. The van der Waals surface area contributed by atoms with Crippen LogP contribution in [0.3, 0.4) is 0 Å². The molecule has 1 aliphatic carbocycles. The second-order valence-corrected chi connectivity index (χ2v) is 6.08. The number of pyridine rings is 1. The van der Waals surface area contributed by atoms with Crippen LogP contribution in [0.25, 0.3) is 0 Å². The summed E-state index contributed by atoms with van der Waals surface area (Å²) >= 11 is 6.84. The molecule has 1 heterocycles. The summed E-state index contributed by atoms with van der Waals surface area (Å²) in [4.78, 5) is 4.30. The average Bonchev–Trinajstić information content (AvgIpc) is 2.98. The van der Waals surface area contributed by atoms with Gasteiger partial charge in [-0.25, -0.2) is 4.98 Å². The van der Waals surface area contributed by atoms with Crippen molar-refractivity contribution >= 4 is 37.7 Å². The minimum atomic E-state index is 0.274. The van der Waals surface area contributed by atoms with Gasteiger partial charge < -0.3 is 10.4 Å². The Morgan fingerprint density at radius 1 is 1.44 bits per heavy atom. The lowest BCUT2D eigenvalue weighted by Gasteiger charge is -2.15. The van der Waals surface area contributed by atoms with Crippen LogP contribution >= 0.6 is 31.9 Å². The van der Waals surface area contributed by atoms with Crippen LogP contribution in [0.4, 0.5) is 5.82 Å². The van der Waals surface area contributed by atoms with E-state index in [1.807, 2.05) is 6.07 Å². The molecular formula is C11H14Br2N2O. The Kier molecular flexibility index (Phi) is 3.87. The molecule has 0 saturated heterocycles. The van der Waals surface area contributed by atoms with E-state index in [4.69, 9.17) is 5.11 Å². The van der Waals surface area contributed by atoms with E-state index in [0.717, 1.165) is 27.7 Å². The molecule has 0 atom stereocenters. The van der Waals surface area contributed by atoms with Crippen molar-refractivity contribution in [1.29, 1.82) is 0 Å². The molecule has 1 aromatic heterocycles. The summed E-state index contributed by atoms with van der Waals surface area (Å²) in [5, 5.41) is 12.3. The highest BCUT2D eigenvalue weighted by Gasteiger charge is 2.41. The fourth-order valence-corrected chi connectivity index (χ4v) is 2.87. The van der Waals surface area contributed by atoms with Crippen molar-refractivity contribution in [3.05, 3.63) is 21.2 Å². The molecule has 0 radical (unpaired) electrons. The first-order valence-corrected chi connectivity index (χ1v) is 6.90. The van der Waals surface area contributed by atoms with Gasteiger partial charge in [-0.05, 0) is 62.6 Å². The van der Waals surface area contributed by atoms with Crippen LogP contribution < -0.4 is 5.32 Å². The SMILES string of the molecule is OCCC1(CNc2ncc(Br)cc2Br)CC1. The quantitative estimate of drug-likeness (QED) is 0.858. The predicted molar refractivity (Wildman–Crippen MR) is 71.5 cm³/mol. The van der Waals surface area contributed by atoms with Gasteiger partial charge in [0.2, 0.25) is 0 Å². The van der Waals surface area contributed by atoms with Crippen molar-refractivity contribution in [2.24, 2.45) is 5.41 Å². The molecule has 1 aromatic rings. The van der Waals surface area contributed by atoms with Crippen LogP contribution in [0, 0.1) is 5.41 Å². The first-order chi connectivity index (χ1) is 7.65. The number of nitrogens with zero attached hydrogens (tertiary/aromatic N) is 1. The average molecular weight is 350 g/mol. The normalized spacial score (nSPS) is 17.2. The summed E-state index contributed by atoms with van der Waals surface area (Å²) in [6.45, 7) is 1.16. The molecule has 1 saturated carbocycles. The number of aliphatic hydroxyl groups excluding tert-OH is 1. The zero-order chi connectivity index (χ0) is 11.6. The van der Waals surface area contributed by atoms with Crippen LogP contribution in [-0.2, 0) is 0 Å². The van der Waals surface area contributed by atoms with Gasteiger partial charge in [0, 0.05) is 23.8 Å². The van der Waals surface area contributed by atoms with E-state index in [0.29, 0.717) is 5.41 Å². The molecule has 0 bridgehead atoms. The van der Waals surface area contributed by atoms with Crippen LogP contribution in [-0.4, -0.2) is 23.2 Å². The van der Waals surface area contributed by atoms with Gasteiger partial charge in [0.1, 0.15) is 5.82 Å². The van der Waals surface area contributed by atoms with E-state index in [1.165, 1.54) is 12.8 Å². The van der Waals surface area contributed by atoms with Crippen LogP contribution in [0.2, 0.25) is 0 Å². The van der Waals surface area contributed by atoms with Gasteiger partial charge in [0.25, 0.3) is 0 Å². The molecule has 3 nitrogen and oxygen atoms in total. The monoisotopic (exact) mass is 348 g/mol. The molecule has 0 spiro atoms. The third-order valence-corrected chi connectivity index (χ3v) is 4.08. The summed E-state index contributed by atoms with van der Waals surface area (Å²) in [6, 6.07) is 1.97. The second-order valence-electron chi connectivity index (χ2n) is 4.31. The largest absolute Gasteiger partial charge is 0.396 e. The fourth-order valence-electron chi connectivity index (χ4n) is 1.74. The summed E-state index contributed by atoms with van der Waals surface area (Å²) in [5.74, 6) is 0.868. The van der Waals surface area contributed by atoms with Crippen LogP contribution in [0.1, 0.15) is 19.3 Å². The smallest absolute Gasteiger partial charge is 0.140 e. The molecule has 1 fully saturated rings. The minimum Gasteiger partial charge on any atom is -0.396 e. The minimum absolute atomic E-state index is 0.274. The van der Waals surface area contributed by atoms with Crippen molar-refractivity contribution in [1.82, 2.24) is 4.98 Å². The Hall–Kier alpha value is -0.130. The maximum atomic E-state index is 8.97. The van der Waals surface area contributed by atoms with E-state index >= 15 is 0 Å². The number of aromatic nitrogens is 1. The highest BCUT2D eigenvalue weighted by Crippen LogP contribution is 2.48. The van der Waals surface area contributed by atoms with Crippen LogP contribution in [0.15, 0.2) is 21.2 Å². The zero-order valence-electron chi connectivity index (χ0n) is 8.84. The lowest BCUT2D eigenvalue weighted by Crippen LogP contribution is -2.17. The van der Waals surface area contributed by atoms with Crippen molar-refractivity contribution in [3.8, 4) is 0 Å². The topological polar surface area (TPSA) is 45.1 Å². The maximum absolute atomic E-state index is 8.97.